The van der Waals surface area contributed by atoms with Gasteiger partial charge in [-0.05, 0) is 98.8 Å². The first-order chi connectivity index (χ1) is 23.8. The Hall–Kier alpha value is -6.38. The highest BCUT2D eigenvalue weighted by Crippen LogP contribution is 2.40. The fourth-order valence-electron chi connectivity index (χ4n) is 6.87. The summed E-state index contributed by atoms with van der Waals surface area (Å²) in [6.07, 6.45) is 0. The van der Waals surface area contributed by atoms with Crippen molar-refractivity contribution in [2.24, 2.45) is 0 Å². The number of para-hydroxylation sites is 1. The Kier molecular flexibility index (Phi) is 6.84. The summed E-state index contributed by atoms with van der Waals surface area (Å²) in [5, 5.41) is 4.68. The number of fused-ring (bicyclic) bond motifs is 4. The number of anilines is 3. The van der Waals surface area contributed by atoms with Crippen molar-refractivity contribution < 1.29 is 4.42 Å². The number of benzene rings is 8. The number of furan rings is 1. The van der Waals surface area contributed by atoms with E-state index in [0.29, 0.717) is 0 Å². The van der Waals surface area contributed by atoms with Crippen molar-refractivity contribution in [3.63, 3.8) is 0 Å². The second kappa shape index (κ2) is 11.8. The van der Waals surface area contributed by atoms with E-state index in [1.165, 1.54) is 38.6 Å². The normalized spacial score (nSPS) is 11.3. The molecule has 0 aliphatic carbocycles. The van der Waals surface area contributed by atoms with Crippen LogP contribution in [-0.4, -0.2) is 0 Å². The molecule has 9 rings (SSSR count). The van der Waals surface area contributed by atoms with Crippen LogP contribution in [0.15, 0.2) is 192 Å². The molecule has 0 unspecified atom stereocenters. The highest BCUT2D eigenvalue weighted by molar-refractivity contribution is 6.12. The van der Waals surface area contributed by atoms with Crippen LogP contribution in [0.2, 0.25) is 0 Å². The molecule has 1 aromatic heterocycles. The van der Waals surface area contributed by atoms with Crippen molar-refractivity contribution in [2.75, 3.05) is 4.90 Å². The van der Waals surface area contributed by atoms with E-state index in [9.17, 15) is 0 Å². The summed E-state index contributed by atoms with van der Waals surface area (Å²) < 4.78 is 6.27. The summed E-state index contributed by atoms with van der Waals surface area (Å²) >= 11 is 0. The minimum atomic E-state index is 0.913. The van der Waals surface area contributed by atoms with Gasteiger partial charge >= 0.3 is 0 Å². The molecule has 0 saturated heterocycles. The summed E-state index contributed by atoms with van der Waals surface area (Å²) in [7, 11) is 0. The smallest absolute Gasteiger partial charge is 0.136 e. The van der Waals surface area contributed by atoms with Crippen molar-refractivity contribution >= 4 is 49.8 Å². The molecule has 0 fully saturated rings. The molecule has 0 radical (unpaired) electrons. The predicted molar refractivity (Wildman–Crippen MR) is 202 cm³/mol. The van der Waals surface area contributed by atoms with Crippen molar-refractivity contribution in [3.8, 4) is 33.4 Å². The highest BCUT2D eigenvalue weighted by atomic mass is 16.3. The molecule has 0 spiro atoms. The maximum atomic E-state index is 6.27. The summed E-state index contributed by atoms with van der Waals surface area (Å²) in [5.74, 6) is 0. The quantitative estimate of drug-likeness (QED) is 0.185. The van der Waals surface area contributed by atoms with Crippen molar-refractivity contribution in [3.05, 3.63) is 188 Å². The van der Waals surface area contributed by atoms with Gasteiger partial charge in [0.1, 0.15) is 11.2 Å². The Balaban J connectivity index is 1.14. The summed E-state index contributed by atoms with van der Waals surface area (Å²) in [6, 6.07) is 66.9. The molecule has 8 aromatic carbocycles. The Morgan fingerprint density at radius 2 is 0.896 bits per heavy atom. The zero-order chi connectivity index (χ0) is 31.9. The number of hydrogen-bond acceptors (Lipinski definition) is 2. The first kappa shape index (κ1) is 27.9. The molecule has 0 aliphatic heterocycles. The molecular formula is C46H31NO. The fourth-order valence-corrected chi connectivity index (χ4v) is 6.87. The second-order valence-corrected chi connectivity index (χ2v) is 12.2. The molecule has 1 heterocycles. The van der Waals surface area contributed by atoms with E-state index < -0.39 is 0 Å². The maximum absolute atomic E-state index is 6.27. The van der Waals surface area contributed by atoms with E-state index >= 15 is 0 Å². The molecular weight excluding hydrogens is 583 g/mol. The number of hydrogen-bond donors (Lipinski definition) is 0. The van der Waals surface area contributed by atoms with Crippen molar-refractivity contribution in [1.29, 1.82) is 0 Å². The van der Waals surface area contributed by atoms with Crippen LogP contribution in [0.3, 0.4) is 0 Å². The number of rotatable bonds is 6. The third-order valence-corrected chi connectivity index (χ3v) is 9.26. The van der Waals surface area contributed by atoms with E-state index in [1.807, 2.05) is 12.1 Å². The van der Waals surface area contributed by atoms with Crippen LogP contribution in [0.5, 0.6) is 0 Å². The molecule has 0 N–H and O–H groups in total. The molecule has 226 valence electrons. The topological polar surface area (TPSA) is 16.4 Å². The average molecular weight is 614 g/mol. The van der Waals surface area contributed by atoms with Gasteiger partial charge in [-0.25, -0.2) is 0 Å². The molecule has 0 saturated carbocycles. The summed E-state index contributed by atoms with van der Waals surface area (Å²) in [4.78, 5) is 2.34. The molecule has 9 aromatic rings. The van der Waals surface area contributed by atoms with Gasteiger partial charge in [0.25, 0.3) is 0 Å². The summed E-state index contributed by atoms with van der Waals surface area (Å²) in [6.45, 7) is 0. The predicted octanol–water partition coefficient (Wildman–Crippen LogP) is 13.2. The van der Waals surface area contributed by atoms with Gasteiger partial charge in [0.15, 0.2) is 0 Å². The van der Waals surface area contributed by atoms with E-state index in [2.05, 4.69) is 181 Å². The Bertz CT molecular complexity index is 2530. The molecule has 0 aliphatic rings. The lowest BCUT2D eigenvalue weighted by Gasteiger charge is -2.26. The monoisotopic (exact) mass is 613 g/mol. The first-order valence-corrected chi connectivity index (χ1v) is 16.3. The van der Waals surface area contributed by atoms with Crippen LogP contribution >= 0.6 is 0 Å². The largest absolute Gasteiger partial charge is 0.456 e. The van der Waals surface area contributed by atoms with Crippen LogP contribution in [0.1, 0.15) is 0 Å². The number of nitrogens with zero attached hydrogens (tertiary/aromatic N) is 1. The zero-order valence-corrected chi connectivity index (χ0v) is 26.3. The van der Waals surface area contributed by atoms with Gasteiger partial charge in [-0.15, -0.1) is 0 Å². The van der Waals surface area contributed by atoms with Gasteiger partial charge in [0.05, 0.1) is 0 Å². The van der Waals surface area contributed by atoms with Gasteiger partial charge in [0.2, 0.25) is 0 Å². The van der Waals surface area contributed by atoms with Crippen molar-refractivity contribution in [1.82, 2.24) is 0 Å². The SMILES string of the molecule is c1ccc(-c2ccc(N(c3ccc(-c4cccc5cc6c(cc45)oc4ccccc46)cc3)c3cccc(-c4ccccc4)c3)cc2)cc1. The van der Waals surface area contributed by atoms with Crippen LogP contribution in [0.25, 0.3) is 66.1 Å². The molecule has 0 atom stereocenters. The summed E-state index contributed by atoms with van der Waals surface area (Å²) in [5.41, 5.74) is 12.3. The minimum absolute atomic E-state index is 0.913. The van der Waals surface area contributed by atoms with Crippen LogP contribution in [0, 0.1) is 0 Å². The Labute approximate surface area is 279 Å². The van der Waals surface area contributed by atoms with E-state index in [0.717, 1.165) is 44.6 Å². The minimum Gasteiger partial charge on any atom is -0.456 e. The highest BCUT2D eigenvalue weighted by Gasteiger charge is 2.16. The van der Waals surface area contributed by atoms with Gasteiger partial charge in [0, 0.05) is 27.8 Å². The first-order valence-electron chi connectivity index (χ1n) is 16.3. The average Bonchev–Trinajstić information content (AvgIpc) is 3.53. The van der Waals surface area contributed by atoms with E-state index in [1.54, 1.807) is 0 Å². The maximum Gasteiger partial charge on any atom is 0.136 e. The van der Waals surface area contributed by atoms with Crippen LogP contribution < -0.4 is 4.90 Å². The standard InChI is InChI=1S/C46H31NO/c1-3-11-32(12-4-1)34-21-25-38(26-22-34)47(40-17-9-15-36(29-40)33-13-5-2-6-14-33)39-27-23-35(24-28-39)41-19-10-16-37-30-44-42-18-7-8-20-45(42)48-46(44)31-43(37)41/h1-31H. The molecule has 0 amide bonds. The lowest BCUT2D eigenvalue weighted by Crippen LogP contribution is -2.10. The van der Waals surface area contributed by atoms with Gasteiger partial charge in [-0.1, -0.05) is 133 Å². The van der Waals surface area contributed by atoms with Gasteiger partial charge in [-0.2, -0.15) is 0 Å². The molecule has 2 nitrogen and oxygen atoms in total. The lowest BCUT2D eigenvalue weighted by molar-refractivity contribution is 0.669. The van der Waals surface area contributed by atoms with Crippen LogP contribution in [-0.2, 0) is 0 Å². The third kappa shape index (κ3) is 5.01. The fraction of sp³-hybridized carbons (Fsp3) is 0. The van der Waals surface area contributed by atoms with Crippen molar-refractivity contribution in [2.45, 2.75) is 0 Å². The zero-order valence-electron chi connectivity index (χ0n) is 26.3. The van der Waals surface area contributed by atoms with Gasteiger partial charge < -0.3 is 9.32 Å². The second-order valence-electron chi connectivity index (χ2n) is 12.2. The molecule has 48 heavy (non-hydrogen) atoms. The van der Waals surface area contributed by atoms with Crippen LogP contribution in [0.4, 0.5) is 17.1 Å². The third-order valence-electron chi connectivity index (χ3n) is 9.26. The lowest BCUT2D eigenvalue weighted by atomic mass is 9.96. The molecule has 0 bridgehead atoms. The van der Waals surface area contributed by atoms with E-state index in [-0.39, 0.29) is 0 Å². The Morgan fingerprint density at radius 3 is 1.62 bits per heavy atom. The molecule has 2 heteroatoms. The van der Waals surface area contributed by atoms with Gasteiger partial charge in [-0.3, -0.25) is 0 Å². The Morgan fingerprint density at radius 1 is 0.312 bits per heavy atom. The van der Waals surface area contributed by atoms with E-state index in [4.69, 9.17) is 4.42 Å².